The number of rotatable bonds is 4. The van der Waals surface area contributed by atoms with Crippen molar-refractivity contribution >= 4 is 10.0 Å². The van der Waals surface area contributed by atoms with E-state index in [-0.39, 0.29) is 0 Å². The van der Waals surface area contributed by atoms with Crippen LogP contribution in [0.2, 0.25) is 0 Å². The maximum atomic E-state index is 12.6. The van der Waals surface area contributed by atoms with E-state index in [1.165, 1.54) is 5.56 Å². The number of likely N-dealkylation sites (N-methyl/N-ethyl adjacent to an activating group) is 1. The smallest absolute Gasteiger partial charge is 0.243 e. The van der Waals surface area contributed by atoms with Gasteiger partial charge in [0, 0.05) is 26.2 Å². The van der Waals surface area contributed by atoms with E-state index in [2.05, 4.69) is 25.7 Å². The van der Waals surface area contributed by atoms with Gasteiger partial charge in [-0.1, -0.05) is 60.6 Å². The van der Waals surface area contributed by atoms with Gasteiger partial charge >= 0.3 is 0 Å². The molecule has 140 valence electrons. The Kier molecular flexibility index (Phi) is 11.2. The van der Waals surface area contributed by atoms with Crippen molar-refractivity contribution in [1.82, 2.24) is 9.21 Å². The number of sulfonamides is 1. The molecule has 1 aromatic rings. The van der Waals surface area contributed by atoms with Gasteiger partial charge in [0.25, 0.3) is 0 Å². The van der Waals surface area contributed by atoms with Gasteiger partial charge in [-0.2, -0.15) is 4.31 Å². The van der Waals surface area contributed by atoms with Crippen molar-refractivity contribution in [3.05, 3.63) is 29.8 Å². The van der Waals surface area contributed by atoms with Crippen molar-refractivity contribution in [2.75, 3.05) is 32.7 Å². The van der Waals surface area contributed by atoms with Crippen molar-refractivity contribution in [2.45, 2.75) is 59.3 Å². The lowest BCUT2D eigenvalue weighted by atomic mass is 10.0. The molecule has 0 N–H and O–H groups in total. The fraction of sp³-hybridized carbons (Fsp3) is 0.684. The van der Waals surface area contributed by atoms with Crippen molar-refractivity contribution in [1.29, 1.82) is 0 Å². The summed E-state index contributed by atoms with van der Waals surface area (Å²) in [7, 11) is -3.33. The van der Waals surface area contributed by atoms with E-state index in [9.17, 15) is 8.42 Å². The molecule has 1 fully saturated rings. The second kappa shape index (κ2) is 11.6. The fourth-order valence-electron chi connectivity index (χ4n) is 2.46. The lowest BCUT2D eigenvalue weighted by Gasteiger charge is -2.33. The van der Waals surface area contributed by atoms with Crippen molar-refractivity contribution in [3.63, 3.8) is 0 Å². The normalized spacial score (nSPS) is 16.0. The first-order valence-electron chi connectivity index (χ1n) is 9.27. The highest BCUT2D eigenvalue weighted by Crippen LogP contribution is 2.21. The summed E-state index contributed by atoms with van der Waals surface area (Å²) in [5, 5.41) is 0. The molecule has 1 heterocycles. The average Bonchev–Trinajstić information content (AvgIpc) is 2.65. The van der Waals surface area contributed by atoms with E-state index in [1.807, 2.05) is 39.8 Å². The van der Waals surface area contributed by atoms with E-state index >= 15 is 0 Å². The van der Waals surface area contributed by atoms with Crippen molar-refractivity contribution in [3.8, 4) is 0 Å². The monoisotopic (exact) mass is 356 g/mol. The summed E-state index contributed by atoms with van der Waals surface area (Å²) in [5.74, 6) is 0.417. The summed E-state index contributed by atoms with van der Waals surface area (Å²) < 4.78 is 26.7. The molecule has 0 unspecified atom stereocenters. The fourth-order valence-corrected chi connectivity index (χ4v) is 3.88. The molecule has 2 rings (SSSR count). The van der Waals surface area contributed by atoms with Crippen LogP contribution in [-0.4, -0.2) is 50.3 Å². The summed E-state index contributed by atoms with van der Waals surface area (Å²) in [4.78, 5) is 2.68. The third-order valence-corrected chi connectivity index (χ3v) is 5.88. The lowest BCUT2D eigenvalue weighted by Crippen LogP contribution is -2.48. The first kappa shape index (κ1) is 23.1. The van der Waals surface area contributed by atoms with E-state index in [4.69, 9.17) is 0 Å². The van der Waals surface area contributed by atoms with Crippen LogP contribution in [0.15, 0.2) is 29.2 Å². The molecule has 5 heteroatoms. The summed E-state index contributed by atoms with van der Waals surface area (Å²) in [5.41, 5.74) is 1.17. The molecule has 0 radical (unpaired) electrons. The van der Waals surface area contributed by atoms with Crippen LogP contribution < -0.4 is 0 Å². The maximum absolute atomic E-state index is 12.6. The highest BCUT2D eigenvalue weighted by Gasteiger charge is 2.27. The van der Waals surface area contributed by atoms with Gasteiger partial charge in [-0.25, -0.2) is 8.42 Å². The maximum Gasteiger partial charge on any atom is 0.243 e. The zero-order valence-corrected chi connectivity index (χ0v) is 17.4. The van der Waals surface area contributed by atoms with Crippen LogP contribution in [0.25, 0.3) is 0 Å². The van der Waals surface area contributed by atoms with Gasteiger partial charge in [-0.05, 0) is 30.2 Å². The molecule has 0 spiro atoms. The second-order valence-corrected chi connectivity index (χ2v) is 7.50. The number of piperazine rings is 1. The van der Waals surface area contributed by atoms with Crippen molar-refractivity contribution < 1.29 is 8.42 Å². The van der Waals surface area contributed by atoms with Gasteiger partial charge in [0.2, 0.25) is 10.0 Å². The molecule has 0 bridgehead atoms. The summed E-state index contributed by atoms with van der Waals surface area (Å²) in [6.45, 7) is 18.1. The minimum Gasteiger partial charge on any atom is -0.301 e. The molecule has 1 aliphatic heterocycles. The van der Waals surface area contributed by atoms with E-state index in [1.54, 1.807) is 16.4 Å². The van der Waals surface area contributed by atoms with Crippen LogP contribution in [0, 0.1) is 0 Å². The molecule has 0 aliphatic carbocycles. The zero-order valence-electron chi connectivity index (χ0n) is 16.5. The predicted molar refractivity (Wildman–Crippen MR) is 104 cm³/mol. The Labute approximate surface area is 149 Å². The van der Waals surface area contributed by atoms with E-state index in [0.29, 0.717) is 23.9 Å². The van der Waals surface area contributed by atoms with E-state index < -0.39 is 10.0 Å². The first-order chi connectivity index (χ1) is 11.4. The Hall–Kier alpha value is -0.910. The number of hydrogen-bond acceptors (Lipinski definition) is 3. The SMILES string of the molecule is CC.CC.CCN1CCN(S(=O)(=O)c2ccc(C(C)C)cc2)CC1. The van der Waals surface area contributed by atoms with Crippen molar-refractivity contribution in [2.24, 2.45) is 0 Å². The molecule has 0 amide bonds. The quantitative estimate of drug-likeness (QED) is 0.812. The average molecular weight is 357 g/mol. The van der Waals surface area contributed by atoms with Crippen LogP contribution >= 0.6 is 0 Å². The largest absolute Gasteiger partial charge is 0.301 e. The van der Waals surface area contributed by atoms with Crippen LogP contribution in [0.1, 0.15) is 59.9 Å². The minimum absolute atomic E-state index is 0.409. The number of hydrogen-bond donors (Lipinski definition) is 0. The summed E-state index contributed by atoms with van der Waals surface area (Å²) in [6.07, 6.45) is 0. The highest BCUT2D eigenvalue weighted by molar-refractivity contribution is 7.89. The second-order valence-electron chi connectivity index (χ2n) is 5.56. The third-order valence-electron chi connectivity index (χ3n) is 3.96. The molecule has 0 atom stereocenters. The van der Waals surface area contributed by atoms with Crippen LogP contribution in [0.4, 0.5) is 0 Å². The minimum atomic E-state index is -3.33. The lowest BCUT2D eigenvalue weighted by molar-refractivity contribution is 0.196. The zero-order chi connectivity index (χ0) is 18.8. The summed E-state index contributed by atoms with van der Waals surface area (Å²) in [6, 6.07) is 7.30. The van der Waals surface area contributed by atoms with Crippen LogP contribution in [0.3, 0.4) is 0 Å². The van der Waals surface area contributed by atoms with Gasteiger partial charge < -0.3 is 4.90 Å². The molecular weight excluding hydrogens is 320 g/mol. The van der Waals surface area contributed by atoms with Gasteiger partial charge in [-0.3, -0.25) is 0 Å². The Balaban J connectivity index is 0.00000123. The standard InChI is InChI=1S/C15H24N2O2S.2C2H6/c1-4-16-9-11-17(12-10-16)20(18,19)15-7-5-14(6-8-15)13(2)3;2*1-2/h5-8,13H,4,9-12H2,1-3H3;2*1-2H3. The molecule has 1 aliphatic rings. The van der Waals surface area contributed by atoms with Gasteiger partial charge in [0.1, 0.15) is 0 Å². The predicted octanol–water partition coefficient (Wildman–Crippen LogP) is 4.19. The molecule has 0 aromatic heterocycles. The summed E-state index contributed by atoms with van der Waals surface area (Å²) >= 11 is 0. The Morgan fingerprint density at radius 1 is 0.917 bits per heavy atom. The van der Waals surface area contributed by atoms with E-state index in [0.717, 1.165) is 19.6 Å². The molecule has 0 saturated carbocycles. The Morgan fingerprint density at radius 2 is 1.38 bits per heavy atom. The first-order valence-corrected chi connectivity index (χ1v) is 10.7. The molecule has 24 heavy (non-hydrogen) atoms. The highest BCUT2D eigenvalue weighted by atomic mass is 32.2. The van der Waals surface area contributed by atoms with Gasteiger partial charge in [-0.15, -0.1) is 0 Å². The van der Waals surface area contributed by atoms with Crippen LogP contribution in [0.5, 0.6) is 0 Å². The Morgan fingerprint density at radius 3 is 1.75 bits per heavy atom. The topological polar surface area (TPSA) is 40.6 Å². The van der Waals surface area contributed by atoms with Gasteiger partial charge in [0.05, 0.1) is 4.90 Å². The third kappa shape index (κ3) is 6.19. The molecular formula is C19H36N2O2S. The van der Waals surface area contributed by atoms with Gasteiger partial charge in [0.15, 0.2) is 0 Å². The molecule has 1 aromatic carbocycles. The molecule has 1 saturated heterocycles. The van der Waals surface area contributed by atoms with Crippen LogP contribution in [-0.2, 0) is 10.0 Å². The molecule has 4 nitrogen and oxygen atoms in total. The Bertz CT molecular complexity index is 531. The number of nitrogens with zero attached hydrogens (tertiary/aromatic N) is 2. The number of benzene rings is 1.